The summed E-state index contributed by atoms with van der Waals surface area (Å²) in [5.41, 5.74) is -1.19. The molecule has 2 rings (SSSR count). The summed E-state index contributed by atoms with van der Waals surface area (Å²) in [6, 6.07) is -1.88. The highest BCUT2D eigenvalue weighted by Gasteiger charge is 2.56. The number of nitrogens with zero attached hydrogens (tertiary/aromatic N) is 1. The van der Waals surface area contributed by atoms with Gasteiger partial charge in [-0.2, -0.15) is 0 Å². The SMILES string of the molecule is CCOC(=O)C(C)N1C(=O)NC(=O)C2(CCCC2)C1=O. The summed E-state index contributed by atoms with van der Waals surface area (Å²) in [6.45, 7) is 3.23. The largest absolute Gasteiger partial charge is 0.464 e. The molecule has 1 heterocycles. The zero-order valence-electron chi connectivity index (χ0n) is 11.6. The Balaban J connectivity index is 2.28. The second-order valence-electron chi connectivity index (χ2n) is 5.15. The van der Waals surface area contributed by atoms with Crippen molar-refractivity contribution in [3.05, 3.63) is 0 Å². The van der Waals surface area contributed by atoms with E-state index in [0.29, 0.717) is 12.8 Å². The molecule has 4 amide bonds. The number of nitrogens with one attached hydrogen (secondary N) is 1. The van der Waals surface area contributed by atoms with Crippen molar-refractivity contribution in [3.8, 4) is 0 Å². The molecule has 1 atom stereocenters. The molecule has 1 unspecified atom stereocenters. The van der Waals surface area contributed by atoms with Crippen molar-refractivity contribution in [2.45, 2.75) is 45.6 Å². The van der Waals surface area contributed by atoms with E-state index in [2.05, 4.69) is 5.32 Å². The molecule has 0 radical (unpaired) electrons. The average Bonchev–Trinajstić information content (AvgIpc) is 2.87. The van der Waals surface area contributed by atoms with Crippen molar-refractivity contribution in [3.63, 3.8) is 0 Å². The molecular formula is C13H18N2O5. The summed E-state index contributed by atoms with van der Waals surface area (Å²) in [5, 5.41) is 2.19. The van der Waals surface area contributed by atoms with E-state index in [9.17, 15) is 19.2 Å². The number of hydrogen-bond donors (Lipinski definition) is 1. The first-order valence-electron chi connectivity index (χ1n) is 6.79. The first-order valence-corrected chi connectivity index (χ1v) is 6.79. The predicted molar refractivity (Wildman–Crippen MR) is 67.4 cm³/mol. The summed E-state index contributed by atoms with van der Waals surface area (Å²) in [6.07, 6.45) is 2.35. The van der Waals surface area contributed by atoms with E-state index < -0.39 is 35.3 Å². The van der Waals surface area contributed by atoms with Crippen molar-refractivity contribution < 1.29 is 23.9 Å². The summed E-state index contributed by atoms with van der Waals surface area (Å²) >= 11 is 0. The van der Waals surface area contributed by atoms with E-state index in [1.807, 2.05) is 0 Å². The Bertz CT molecular complexity index is 467. The second kappa shape index (κ2) is 5.22. The standard InChI is InChI=1S/C13H18N2O5/c1-3-20-9(16)8(2)15-11(18)13(6-4-5-7-13)10(17)14-12(15)19/h8H,3-7H2,1-2H3,(H,14,17,19). The van der Waals surface area contributed by atoms with Crippen LogP contribution in [-0.4, -0.2) is 41.4 Å². The van der Waals surface area contributed by atoms with Crippen LogP contribution >= 0.6 is 0 Å². The molecule has 7 nitrogen and oxygen atoms in total. The minimum Gasteiger partial charge on any atom is -0.464 e. The quantitative estimate of drug-likeness (QED) is 0.603. The molecule has 0 bridgehead atoms. The Labute approximate surface area is 116 Å². The van der Waals surface area contributed by atoms with E-state index in [-0.39, 0.29) is 6.61 Å². The molecule has 1 saturated heterocycles. The Morgan fingerprint density at radius 3 is 2.50 bits per heavy atom. The molecule has 0 aromatic rings. The maximum Gasteiger partial charge on any atom is 0.331 e. The summed E-state index contributed by atoms with van der Waals surface area (Å²) in [5.74, 6) is -1.78. The van der Waals surface area contributed by atoms with Crippen molar-refractivity contribution in [2.24, 2.45) is 5.41 Å². The lowest BCUT2D eigenvalue weighted by Gasteiger charge is -2.38. The number of amides is 4. The van der Waals surface area contributed by atoms with Gasteiger partial charge in [0, 0.05) is 0 Å². The predicted octanol–water partition coefficient (Wildman–Crippen LogP) is 0.577. The third kappa shape index (κ3) is 2.07. The molecule has 1 aliphatic carbocycles. The highest BCUT2D eigenvalue weighted by Crippen LogP contribution is 2.42. The highest BCUT2D eigenvalue weighted by molar-refractivity contribution is 6.20. The maximum atomic E-state index is 12.6. The number of ether oxygens (including phenoxy) is 1. The normalized spacial score (nSPS) is 22.9. The van der Waals surface area contributed by atoms with Crippen LogP contribution in [0.25, 0.3) is 0 Å². The maximum absolute atomic E-state index is 12.6. The molecule has 1 saturated carbocycles. The topological polar surface area (TPSA) is 92.8 Å². The van der Waals surface area contributed by atoms with Gasteiger partial charge in [-0.3, -0.25) is 14.9 Å². The number of carbonyl (C=O) groups excluding carboxylic acids is 4. The molecule has 0 aromatic carbocycles. The van der Waals surface area contributed by atoms with Crippen LogP contribution in [0.3, 0.4) is 0 Å². The summed E-state index contributed by atoms with van der Waals surface area (Å²) < 4.78 is 4.83. The third-order valence-corrected chi connectivity index (χ3v) is 3.97. The van der Waals surface area contributed by atoms with E-state index >= 15 is 0 Å². The van der Waals surface area contributed by atoms with Crippen LogP contribution in [0.1, 0.15) is 39.5 Å². The van der Waals surface area contributed by atoms with Crippen LogP contribution in [0.2, 0.25) is 0 Å². The average molecular weight is 282 g/mol. The Kier molecular flexibility index (Phi) is 3.78. The van der Waals surface area contributed by atoms with Gasteiger partial charge in [-0.15, -0.1) is 0 Å². The van der Waals surface area contributed by atoms with Gasteiger partial charge >= 0.3 is 12.0 Å². The van der Waals surface area contributed by atoms with Gasteiger partial charge < -0.3 is 4.74 Å². The molecule has 2 aliphatic rings. The lowest BCUT2D eigenvalue weighted by atomic mass is 9.81. The minimum atomic E-state index is -1.19. The summed E-state index contributed by atoms with van der Waals surface area (Å²) in [4.78, 5) is 49.0. The Hall–Kier alpha value is -1.92. The van der Waals surface area contributed by atoms with Crippen LogP contribution in [-0.2, 0) is 19.1 Å². The number of urea groups is 1. The van der Waals surface area contributed by atoms with Crippen LogP contribution in [0, 0.1) is 5.41 Å². The van der Waals surface area contributed by atoms with Crippen LogP contribution in [0.15, 0.2) is 0 Å². The highest BCUT2D eigenvalue weighted by atomic mass is 16.5. The number of barbiturate groups is 1. The lowest BCUT2D eigenvalue weighted by molar-refractivity contribution is -0.160. The van der Waals surface area contributed by atoms with E-state index in [1.54, 1.807) is 6.92 Å². The number of esters is 1. The van der Waals surface area contributed by atoms with Crippen LogP contribution < -0.4 is 5.32 Å². The third-order valence-electron chi connectivity index (χ3n) is 3.97. The molecule has 0 aromatic heterocycles. The van der Waals surface area contributed by atoms with Crippen LogP contribution in [0.4, 0.5) is 4.79 Å². The zero-order chi connectivity index (χ0) is 14.9. The fraction of sp³-hybridized carbons (Fsp3) is 0.692. The Morgan fingerprint density at radius 1 is 1.35 bits per heavy atom. The molecule has 20 heavy (non-hydrogen) atoms. The van der Waals surface area contributed by atoms with Crippen molar-refractivity contribution in [1.29, 1.82) is 0 Å². The van der Waals surface area contributed by atoms with Gasteiger partial charge in [-0.05, 0) is 26.7 Å². The Morgan fingerprint density at radius 2 is 1.95 bits per heavy atom. The van der Waals surface area contributed by atoms with Gasteiger partial charge in [0.1, 0.15) is 11.5 Å². The molecule has 110 valence electrons. The molecule has 1 N–H and O–H groups in total. The number of carbonyl (C=O) groups is 4. The number of hydrogen-bond acceptors (Lipinski definition) is 5. The van der Waals surface area contributed by atoms with Gasteiger partial charge in [0.25, 0.3) is 0 Å². The van der Waals surface area contributed by atoms with Gasteiger partial charge in [0.2, 0.25) is 11.8 Å². The minimum absolute atomic E-state index is 0.164. The molecular weight excluding hydrogens is 264 g/mol. The van der Waals surface area contributed by atoms with Crippen molar-refractivity contribution >= 4 is 23.8 Å². The van der Waals surface area contributed by atoms with Crippen LogP contribution in [0.5, 0.6) is 0 Å². The van der Waals surface area contributed by atoms with Gasteiger partial charge in [-0.25, -0.2) is 14.5 Å². The summed E-state index contributed by atoms with van der Waals surface area (Å²) in [7, 11) is 0. The monoisotopic (exact) mass is 282 g/mol. The molecule has 7 heteroatoms. The fourth-order valence-electron chi connectivity index (χ4n) is 2.84. The lowest BCUT2D eigenvalue weighted by Crippen LogP contribution is -2.66. The van der Waals surface area contributed by atoms with Gasteiger partial charge in [-0.1, -0.05) is 12.8 Å². The molecule has 1 spiro atoms. The van der Waals surface area contributed by atoms with Crippen molar-refractivity contribution in [2.75, 3.05) is 6.61 Å². The van der Waals surface area contributed by atoms with E-state index in [0.717, 1.165) is 17.7 Å². The van der Waals surface area contributed by atoms with E-state index in [4.69, 9.17) is 4.74 Å². The zero-order valence-corrected chi connectivity index (χ0v) is 11.6. The first kappa shape index (κ1) is 14.5. The molecule has 1 aliphatic heterocycles. The smallest absolute Gasteiger partial charge is 0.331 e. The fourth-order valence-corrected chi connectivity index (χ4v) is 2.84. The number of imide groups is 2. The molecule has 2 fully saturated rings. The van der Waals surface area contributed by atoms with Crippen molar-refractivity contribution in [1.82, 2.24) is 10.2 Å². The van der Waals surface area contributed by atoms with Gasteiger partial charge in [0.05, 0.1) is 6.61 Å². The van der Waals surface area contributed by atoms with E-state index in [1.165, 1.54) is 6.92 Å². The first-order chi connectivity index (χ1) is 9.44. The van der Waals surface area contributed by atoms with Gasteiger partial charge in [0.15, 0.2) is 0 Å². The second-order valence-corrected chi connectivity index (χ2v) is 5.15. The number of rotatable bonds is 3.